The summed E-state index contributed by atoms with van der Waals surface area (Å²) in [5, 5.41) is 9.14. The zero-order valence-corrected chi connectivity index (χ0v) is 8.33. The van der Waals surface area contributed by atoms with Crippen LogP contribution < -0.4 is 0 Å². The van der Waals surface area contributed by atoms with E-state index in [1.165, 1.54) is 0 Å². The van der Waals surface area contributed by atoms with E-state index in [2.05, 4.69) is 9.47 Å². The van der Waals surface area contributed by atoms with Crippen LogP contribution in [0.15, 0.2) is 0 Å². The average Bonchev–Trinajstić information content (AvgIpc) is 2.59. The van der Waals surface area contributed by atoms with E-state index in [-0.39, 0.29) is 36.6 Å². The van der Waals surface area contributed by atoms with E-state index in [4.69, 9.17) is 14.4 Å². The Morgan fingerprint density at radius 2 is 2.46 bits per heavy atom. The highest BCUT2D eigenvalue weighted by Gasteiger charge is 2.49. The number of aliphatic hydroxyl groups excluding tert-OH is 1. The van der Waals surface area contributed by atoms with E-state index in [0.717, 1.165) is 0 Å². The first-order chi connectivity index (χ1) is 6.26. The third-order valence-corrected chi connectivity index (χ3v) is 3.39. The molecule has 13 heavy (non-hydrogen) atoms. The maximum absolute atomic E-state index is 11.0. The predicted molar refractivity (Wildman–Crippen MR) is 47.8 cm³/mol. The summed E-state index contributed by atoms with van der Waals surface area (Å²) < 4.78 is 10.3. The summed E-state index contributed by atoms with van der Waals surface area (Å²) in [5.74, 6) is 0.0626. The quantitative estimate of drug-likeness (QED) is 0.512. The second-order valence-electron chi connectivity index (χ2n) is 3.65. The van der Waals surface area contributed by atoms with E-state index in [0.29, 0.717) is 12.8 Å². The third kappa shape index (κ3) is 1.47. The van der Waals surface area contributed by atoms with Crippen LogP contribution in [0.4, 0.5) is 0 Å². The Labute approximate surface area is 78.9 Å². The first-order valence-electron chi connectivity index (χ1n) is 4.42. The van der Waals surface area contributed by atoms with Crippen LogP contribution in [0.1, 0.15) is 12.8 Å². The fraction of sp³-hybridized carbons (Fsp3) is 0.875. The molecule has 1 saturated carbocycles. The molecule has 0 spiro atoms. The average molecular weight is 204 g/mol. The number of carbonyl (C=O) groups is 1. The maximum Gasteiger partial charge on any atom is 0.306 e. The van der Waals surface area contributed by atoms with Gasteiger partial charge in [-0.15, -0.1) is 0 Å². The van der Waals surface area contributed by atoms with Crippen molar-refractivity contribution in [3.63, 3.8) is 0 Å². The fourth-order valence-corrected chi connectivity index (χ4v) is 2.68. The van der Waals surface area contributed by atoms with E-state index < -0.39 is 0 Å². The van der Waals surface area contributed by atoms with Crippen molar-refractivity contribution in [3.8, 4) is 0 Å². The van der Waals surface area contributed by atoms with Crippen LogP contribution in [0.3, 0.4) is 0 Å². The normalized spacial score (nSPS) is 43.4. The lowest BCUT2D eigenvalue weighted by molar-refractivity contribution is -0.141. The Bertz CT molecular complexity index is 220. The fourth-order valence-electron chi connectivity index (χ4n) is 2.37. The van der Waals surface area contributed by atoms with Gasteiger partial charge in [0.1, 0.15) is 6.10 Å². The monoisotopic (exact) mass is 204 g/mol. The molecule has 5 heteroatoms. The first kappa shape index (κ1) is 9.38. The molecule has 1 aliphatic heterocycles. The highest BCUT2D eigenvalue weighted by Crippen LogP contribution is 2.42. The van der Waals surface area contributed by atoms with Gasteiger partial charge in [0.15, 0.2) is 0 Å². The maximum atomic E-state index is 11.0. The molecule has 0 aromatic carbocycles. The molecule has 0 radical (unpaired) electrons. The second kappa shape index (κ2) is 3.52. The number of rotatable bonds is 2. The zero-order chi connectivity index (χ0) is 9.42. The Morgan fingerprint density at radius 1 is 1.69 bits per heavy atom. The highest BCUT2D eigenvalue weighted by atomic mass is 31.0. The number of fused-ring (bicyclic) bond motifs is 1. The van der Waals surface area contributed by atoms with E-state index in [1.54, 1.807) is 0 Å². The Hall–Kier alpha value is -0.180. The van der Waals surface area contributed by atoms with Crippen LogP contribution in [0.25, 0.3) is 0 Å². The van der Waals surface area contributed by atoms with Gasteiger partial charge in [-0.1, -0.05) is 0 Å². The van der Waals surface area contributed by atoms with Gasteiger partial charge in [-0.25, -0.2) is 0 Å². The molecule has 4 unspecified atom stereocenters. The van der Waals surface area contributed by atoms with Crippen LogP contribution in [-0.4, -0.2) is 29.9 Å². The number of ether oxygens (including phenoxy) is 1. The van der Waals surface area contributed by atoms with Crippen molar-refractivity contribution in [1.29, 1.82) is 0 Å². The van der Waals surface area contributed by atoms with Gasteiger partial charge in [0.25, 0.3) is 0 Å². The molecule has 1 heterocycles. The lowest BCUT2D eigenvalue weighted by Crippen LogP contribution is -2.24. The highest BCUT2D eigenvalue weighted by molar-refractivity contribution is 7.09. The van der Waals surface area contributed by atoms with Gasteiger partial charge < -0.3 is 14.4 Å². The summed E-state index contributed by atoms with van der Waals surface area (Å²) >= 11 is 0. The molecule has 5 atom stereocenters. The van der Waals surface area contributed by atoms with Crippen molar-refractivity contribution in [2.24, 2.45) is 11.8 Å². The zero-order valence-electron chi connectivity index (χ0n) is 7.18. The van der Waals surface area contributed by atoms with Gasteiger partial charge >= 0.3 is 5.97 Å². The van der Waals surface area contributed by atoms with Gasteiger partial charge in [0.2, 0.25) is 0 Å². The number of carbonyl (C=O) groups excluding carboxylic acids is 1. The van der Waals surface area contributed by atoms with E-state index in [9.17, 15) is 4.79 Å². The summed E-state index contributed by atoms with van der Waals surface area (Å²) in [6.07, 6.45) is 1.12. The summed E-state index contributed by atoms with van der Waals surface area (Å²) in [7, 11) is 2.21. The lowest BCUT2D eigenvalue weighted by Gasteiger charge is -2.18. The topological polar surface area (TPSA) is 55.8 Å². The molecule has 0 aromatic rings. The molecule has 1 saturated heterocycles. The van der Waals surface area contributed by atoms with Gasteiger partial charge in [-0.3, -0.25) is 4.79 Å². The summed E-state index contributed by atoms with van der Waals surface area (Å²) in [6.45, 7) is 0.0663. The van der Waals surface area contributed by atoms with Gasteiger partial charge in [0, 0.05) is 34.3 Å². The van der Waals surface area contributed by atoms with Crippen molar-refractivity contribution in [3.05, 3.63) is 0 Å². The van der Waals surface area contributed by atoms with Crippen LogP contribution in [-0.2, 0) is 14.1 Å². The number of hydrogen-bond donors (Lipinski definition) is 1. The largest absolute Gasteiger partial charge is 0.462 e. The molecule has 0 bridgehead atoms. The minimum absolute atomic E-state index is 0.0121. The summed E-state index contributed by atoms with van der Waals surface area (Å²) in [6, 6.07) is 0. The SMILES string of the molecule is O=C1CC2C(CC(OP)[C@@H]2CO)O1. The molecule has 0 amide bonds. The summed E-state index contributed by atoms with van der Waals surface area (Å²) in [4.78, 5) is 11.0. The Kier molecular flexibility index (Phi) is 2.54. The minimum Gasteiger partial charge on any atom is -0.462 e. The number of aliphatic hydroxyl groups is 1. The van der Waals surface area contributed by atoms with Crippen molar-refractivity contribution in [2.45, 2.75) is 25.0 Å². The minimum atomic E-state index is -0.143. The van der Waals surface area contributed by atoms with E-state index >= 15 is 0 Å². The van der Waals surface area contributed by atoms with Crippen LogP contribution in [0.2, 0.25) is 0 Å². The standard InChI is InChI=1S/C8H13O4P/c9-3-5-4-1-8(10)11-6(4)2-7(5)12-13/h4-7,9H,1-3,13H2/t4?,5-,6?,7?/m1/s1. The third-order valence-electron chi connectivity index (χ3n) is 3.04. The second-order valence-corrected chi connectivity index (χ2v) is 3.93. The van der Waals surface area contributed by atoms with Gasteiger partial charge in [-0.2, -0.15) is 0 Å². The Balaban J connectivity index is 2.09. The number of hydrogen-bond acceptors (Lipinski definition) is 4. The molecular formula is C8H13O4P. The molecule has 2 aliphatic rings. The molecule has 4 nitrogen and oxygen atoms in total. The van der Waals surface area contributed by atoms with Crippen molar-refractivity contribution < 1.29 is 19.2 Å². The molecule has 0 aromatic heterocycles. The van der Waals surface area contributed by atoms with Crippen molar-refractivity contribution >= 4 is 15.4 Å². The summed E-state index contributed by atoms with van der Waals surface area (Å²) in [5.41, 5.74) is 0. The van der Waals surface area contributed by atoms with Gasteiger partial charge in [0.05, 0.1) is 12.5 Å². The van der Waals surface area contributed by atoms with Crippen LogP contribution in [0.5, 0.6) is 0 Å². The van der Waals surface area contributed by atoms with Gasteiger partial charge in [-0.05, 0) is 0 Å². The van der Waals surface area contributed by atoms with E-state index in [1.807, 2.05) is 0 Å². The molecule has 2 fully saturated rings. The smallest absolute Gasteiger partial charge is 0.306 e. The molecule has 74 valence electrons. The lowest BCUT2D eigenvalue weighted by atomic mass is 9.93. The molecule has 2 rings (SSSR count). The van der Waals surface area contributed by atoms with Crippen LogP contribution >= 0.6 is 9.47 Å². The molecular weight excluding hydrogens is 191 g/mol. The van der Waals surface area contributed by atoms with Crippen molar-refractivity contribution in [1.82, 2.24) is 0 Å². The Morgan fingerprint density at radius 3 is 3.08 bits per heavy atom. The molecule has 1 aliphatic carbocycles. The predicted octanol–water partition coefficient (Wildman–Crippen LogP) is 0.106. The number of esters is 1. The van der Waals surface area contributed by atoms with Crippen molar-refractivity contribution in [2.75, 3.05) is 6.61 Å². The van der Waals surface area contributed by atoms with Crippen LogP contribution in [0, 0.1) is 11.8 Å². The molecule has 1 N–H and O–H groups in total. The first-order valence-corrected chi connectivity index (χ1v) is 4.89.